The molecule has 178 valence electrons. The van der Waals surface area contributed by atoms with Gasteiger partial charge >= 0.3 is 0 Å². The van der Waals surface area contributed by atoms with Gasteiger partial charge in [-0.3, -0.25) is 14.3 Å². The Morgan fingerprint density at radius 1 is 0.912 bits per heavy atom. The topological polar surface area (TPSA) is 123 Å². The maximum Gasteiger partial charge on any atom is 0.265 e. The van der Waals surface area contributed by atoms with Gasteiger partial charge in [0.2, 0.25) is 5.91 Å². The van der Waals surface area contributed by atoms with Gasteiger partial charge in [0.15, 0.2) is 0 Å². The highest BCUT2D eigenvalue weighted by Crippen LogP contribution is 2.29. The van der Waals surface area contributed by atoms with Gasteiger partial charge in [-0.15, -0.1) is 0 Å². The van der Waals surface area contributed by atoms with Crippen LogP contribution in [-0.4, -0.2) is 41.0 Å². The molecule has 0 fully saturated rings. The lowest BCUT2D eigenvalue weighted by Crippen LogP contribution is -2.32. The van der Waals surface area contributed by atoms with Crippen LogP contribution in [0.3, 0.4) is 0 Å². The second-order valence-electron chi connectivity index (χ2n) is 6.94. The summed E-state index contributed by atoms with van der Waals surface area (Å²) in [7, 11) is -1.25. The Hall–Kier alpha value is -4.12. The molecule has 3 N–H and O–H groups in total. The molecule has 0 aliphatic carbocycles. The van der Waals surface area contributed by atoms with Gasteiger partial charge in [0.25, 0.3) is 15.9 Å². The van der Waals surface area contributed by atoms with E-state index in [1.165, 1.54) is 62.8 Å². The van der Waals surface area contributed by atoms with E-state index < -0.39 is 34.2 Å². The average Bonchev–Trinajstić information content (AvgIpc) is 2.82. The SMILES string of the molecule is COc1ccc(NS(=O)(=O)c2cc(NC(=O)CNC(=O)c3cccc(F)c3)ccc2OC)cc1. The highest BCUT2D eigenvalue weighted by atomic mass is 32.2. The molecule has 0 saturated carbocycles. The minimum Gasteiger partial charge on any atom is -0.497 e. The lowest BCUT2D eigenvalue weighted by molar-refractivity contribution is -0.115. The number of sulfonamides is 1. The lowest BCUT2D eigenvalue weighted by Gasteiger charge is -2.14. The molecule has 2 amide bonds. The Kier molecular flexibility index (Phi) is 7.69. The molecule has 0 spiro atoms. The molecule has 0 bridgehead atoms. The molecule has 0 saturated heterocycles. The molecule has 3 aromatic carbocycles. The van der Waals surface area contributed by atoms with E-state index in [9.17, 15) is 22.4 Å². The lowest BCUT2D eigenvalue weighted by atomic mass is 10.2. The molecule has 0 aliphatic rings. The van der Waals surface area contributed by atoms with Crippen LogP contribution in [0.15, 0.2) is 71.6 Å². The van der Waals surface area contributed by atoms with E-state index in [0.717, 1.165) is 6.07 Å². The highest BCUT2D eigenvalue weighted by Gasteiger charge is 2.21. The Morgan fingerprint density at radius 3 is 2.26 bits per heavy atom. The Balaban J connectivity index is 1.71. The normalized spacial score (nSPS) is 10.8. The summed E-state index contributed by atoms with van der Waals surface area (Å²) >= 11 is 0. The van der Waals surface area contributed by atoms with Gasteiger partial charge in [0.05, 0.1) is 20.8 Å². The number of halogens is 1. The number of rotatable bonds is 9. The first-order valence-corrected chi connectivity index (χ1v) is 11.4. The van der Waals surface area contributed by atoms with Crippen LogP contribution in [0.2, 0.25) is 0 Å². The van der Waals surface area contributed by atoms with Gasteiger partial charge in [-0.1, -0.05) is 6.07 Å². The third-order valence-corrected chi connectivity index (χ3v) is 5.98. The zero-order chi connectivity index (χ0) is 24.7. The summed E-state index contributed by atoms with van der Waals surface area (Å²) in [6.45, 7) is -0.409. The van der Waals surface area contributed by atoms with Crippen LogP contribution in [0, 0.1) is 5.82 Å². The fraction of sp³-hybridized carbons (Fsp3) is 0.130. The summed E-state index contributed by atoms with van der Waals surface area (Å²) in [5.74, 6) is -1.18. The van der Waals surface area contributed by atoms with Gasteiger partial charge in [0, 0.05) is 16.9 Å². The number of benzene rings is 3. The van der Waals surface area contributed by atoms with Crippen LogP contribution in [0.25, 0.3) is 0 Å². The van der Waals surface area contributed by atoms with E-state index >= 15 is 0 Å². The number of amides is 2. The van der Waals surface area contributed by atoms with E-state index in [-0.39, 0.29) is 21.9 Å². The van der Waals surface area contributed by atoms with E-state index in [1.807, 2.05) is 0 Å². The summed E-state index contributed by atoms with van der Waals surface area (Å²) < 4.78 is 51.8. The Labute approximate surface area is 195 Å². The quantitative estimate of drug-likeness (QED) is 0.427. The van der Waals surface area contributed by atoms with Crippen molar-refractivity contribution in [2.75, 3.05) is 30.8 Å². The van der Waals surface area contributed by atoms with Crippen LogP contribution < -0.4 is 24.8 Å². The minimum absolute atomic E-state index is 0.0650. The molecule has 0 aliphatic heterocycles. The van der Waals surface area contributed by atoms with Gasteiger partial charge in [-0.05, 0) is 60.7 Å². The van der Waals surface area contributed by atoms with Crippen LogP contribution in [-0.2, 0) is 14.8 Å². The van der Waals surface area contributed by atoms with Crippen molar-refractivity contribution in [3.63, 3.8) is 0 Å². The molecule has 0 unspecified atom stereocenters. The summed E-state index contributed by atoms with van der Waals surface area (Å²) in [6, 6.07) is 15.4. The smallest absolute Gasteiger partial charge is 0.265 e. The first kappa shape index (κ1) is 24.5. The standard InChI is InChI=1S/C23H22FN3O6S/c1-32-19-9-6-17(7-10-19)27-34(30,31)21-13-18(8-11-20(21)33-2)26-22(28)14-25-23(29)15-4-3-5-16(24)12-15/h3-13,27H,14H2,1-2H3,(H,25,29)(H,26,28). The third kappa shape index (κ3) is 6.23. The van der Waals surface area contributed by atoms with Gasteiger partial charge < -0.3 is 20.1 Å². The largest absolute Gasteiger partial charge is 0.497 e. The summed E-state index contributed by atoms with van der Waals surface area (Å²) in [5.41, 5.74) is 0.536. The molecule has 11 heteroatoms. The van der Waals surface area contributed by atoms with Crippen LogP contribution in [0.4, 0.5) is 15.8 Å². The van der Waals surface area contributed by atoms with E-state index in [2.05, 4.69) is 15.4 Å². The Morgan fingerprint density at radius 2 is 1.62 bits per heavy atom. The molecule has 3 rings (SSSR count). The van der Waals surface area contributed by atoms with Crippen molar-refractivity contribution in [3.8, 4) is 11.5 Å². The predicted octanol–water partition coefficient (Wildman–Crippen LogP) is 3.01. The fourth-order valence-corrected chi connectivity index (χ4v) is 4.19. The molecule has 0 atom stereocenters. The maximum absolute atomic E-state index is 13.3. The summed E-state index contributed by atoms with van der Waals surface area (Å²) in [5, 5.41) is 4.88. The van der Waals surface area contributed by atoms with Crippen molar-refractivity contribution in [2.45, 2.75) is 4.90 Å². The molecular formula is C23H22FN3O6S. The monoisotopic (exact) mass is 487 g/mol. The molecule has 9 nitrogen and oxygen atoms in total. The van der Waals surface area contributed by atoms with E-state index in [0.29, 0.717) is 11.4 Å². The molecule has 0 heterocycles. The second kappa shape index (κ2) is 10.7. The predicted molar refractivity (Wildman–Crippen MR) is 124 cm³/mol. The number of carbonyl (C=O) groups excluding carboxylic acids is 2. The first-order valence-electron chi connectivity index (χ1n) is 9.90. The molecular weight excluding hydrogens is 465 g/mol. The van der Waals surface area contributed by atoms with E-state index in [1.54, 1.807) is 12.1 Å². The number of ether oxygens (including phenoxy) is 2. The second-order valence-corrected chi connectivity index (χ2v) is 8.59. The Bertz CT molecular complexity index is 1300. The number of hydrogen-bond acceptors (Lipinski definition) is 6. The summed E-state index contributed by atoms with van der Waals surface area (Å²) in [6.07, 6.45) is 0. The van der Waals surface area contributed by atoms with Crippen molar-refractivity contribution in [1.29, 1.82) is 0 Å². The zero-order valence-electron chi connectivity index (χ0n) is 18.3. The van der Waals surface area contributed by atoms with Crippen LogP contribution in [0.1, 0.15) is 10.4 Å². The van der Waals surface area contributed by atoms with Crippen molar-refractivity contribution < 1.29 is 31.9 Å². The van der Waals surface area contributed by atoms with Crippen molar-refractivity contribution in [1.82, 2.24) is 5.32 Å². The van der Waals surface area contributed by atoms with Crippen molar-refractivity contribution in [3.05, 3.63) is 78.1 Å². The number of anilines is 2. The molecule has 34 heavy (non-hydrogen) atoms. The third-order valence-electron chi connectivity index (χ3n) is 4.58. The first-order chi connectivity index (χ1) is 16.2. The summed E-state index contributed by atoms with van der Waals surface area (Å²) in [4.78, 5) is 24.1. The fourth-order valence-electron chi connectivity index (χ4n) is 2.93. The van der Waals surface area contributed by atoms with Crippen LogP contribution in [0.5, 0.6) is 11.5 Å². The average molecular weight is 488 g/mol. The number of hydrogen-bond donors (Lipinski definition) is 3. The molecule has 0 radical (unpaired) electrons. The number of nitrogens with one attached hydrogen (secondary N) is 3. The number of methoxy groups -OCH3 is 2. The number of carbonyl (C=O) groups is 2. The van der Waals surface area contributed by atoms with Crippen LogP contribution >= 0.6 is 0 Å². The van der Waals surface area contributed by atoms with Gasteiger partial charge in [-0.2, -0.15) is 0 Å². The van der Waals surface area contributed by atoms with E-state index in [4.69, 9.17) is 9.47 Å². The highest BCUT2D eigenvalue weighted by molar-refractivity contribution is 7.92. The van der Waals surface area contributed by atoms with Gasteiger partial charge in [-0.25, -0.2) is 12.8 Å². The van der Waals surface area contributed by atoms with Crippen molar-refractivity contribution >= 4 is 33.2 Å². The molecule has 0 aromatic heterocycles. The minimum atomic E-state index is -4.07. The maximum atomic E-state index is 13.3. The van der Waals surface area contributed by atoms with Gasteiger partial charge in [0.1, 0.15) is 22.2 Å². The molecule has 3 aromatic rings. The zero-order valence-corrected chi connectivity index (χ0v) is 19.1. The van der Waals surface area contributed by atoms with Crippen molar-refractivity contribution in [2.24, 2.45) is 0 Å².